The molecule has 2 rings (SSSR count). The summed E-state index contributed by atoms with van der Waals surface area (Å²) in [5.74, 6) is 0.761. The van der Waals surface area contributed by atoms with E-state index in [0.29, 0.717) is 33.0 Å². The van der Waals surface area contributed by atoms with Gasteiger partial charge in [0.15, 0.2) is 5.96 Å². The molecule has 7 heteroatoms. The van der Waals surface area contributed by atoms with Crippen LogP contribution in [0.4, 0.5) is 0 Å². The minimum atomic E-state index is 0. The summed E-state index contributed by atoms with van der Waals surface area (Å²) in [6, 6.07) is 10.3. The topological polar surface area (TPSA) is 64.1 Å². The number of aliphatic imine (C=N–C) groups is 1. The van der Waals surface area contributed by atoms with Gasteiger partial charge in [0.25, 0.3) is 0 Å². The number of nitrogens with zero attached hydrogens (tertiary/aromatic N) is 1. The maximum Gasteiger partial charge on any atom is 0.191 e. The van der Waals surface area contributed by atoms with E-state index in [1.807, 2.05) is 18.2 Å². The van der Waals surface area contributed by atoms with Gasteiger partial charge in [0.2, 0.25) is 0 Å². The zero-order valence-corrected chi connectivity index (χ0v) is 17.4. The highest BCUT2D eigenvalue weighted by atomic mass is 127. The summed E-state index contributed by atoms with van der Waals surface area (Å²) in [4.78, 5) is 4.22. The highest BCUT2D eigenvalue weighted by Gasteiger charge is 2.17. The summed E-state index contributed by atoms with van der Waals surface area (Å²) in [6.45, 7) is 6.18. The smallest absolute Gasteiger partial charge is 0.191 e. The zero-order valence-electron chi connectivity index (χ0n) is 15.1. The molecular formula is C18H30IN3O3. The molecule has 2 atom stereocenters. The van der Waals surface area contributed by atoms with E-state index in [0.717, 1.165) is 19.0 Å². The van der Waals surface area contributed by atoms with Gasteiger partial charge in [-0.25, -0.2) is 0 Å². The fourth-order valence-electron chi connectivity index (χ4n) is 2.40. The third-order valence-corrected chi connectivity index (χ3v) is 3.73. The monoisotopic (exact) mass is 463 g/mol. The van der Waals surface area contributed by atoms with Gasteiger partial charge in [0.1, 0.15) is 0 Å². The van der Waals surface area contributed by atoms with Crippen LogP contribution in [-0.4, -0.2) is 58.1 Å². The van der Waals surface area contributed by atoms with Gasteiger partial charge in [0.05, 0.1) is 32.5 Å². The fourth-order valence-corrected chi connectivity index (χ4v) is 2.40. The van der Waals surface area contributed by atoms with Crippen molar-refractivity contribution >= 4 is 29.9 Å². The Morgan fingerprint density at radius 1 is 1.36 bits per heavy atom. The first-order valence-corrected chi connectivity index (χ1v) is 8.56. The van der Waals surface area contributed by atoms with Gasteiger partial charge in [-0.1, -0.05) is 30.3 Å². The molecule has 0 aromatic heterocycles. The predicted octanol–water partition coefficient (Wildman–Crippen LogP) is 2.18. The fraction of sp³-hybridized carbons (Fsp3) is 0.611. The number of hydrogen-bond donors (Lipinski definition) is 2. The summed E-state index contributed by atoms with van der Waals surface area (Å²) in [5, 5.41) is 6.56. The van der Waals surface area contributed by atoms with E-state index < -0.39 is 0 Å². The second-order valence-corrected chi connectivity index (χ2v) is 5.90. The Labute approximate surface area is 167 Å². The van der Waals surface area contributed by atoms with E-state index in [-0.39, 0.29) is 36.1 Å². The van der Waals surface area contributed by atoms with Gasteiger partial charge in [-0.3, -0.25) is 4.99 Å². The van der Waals surface area contributed by atoms with E-state index in [9.17, 15) is 0 Å². The number of guanidine groups is 1. The summed E-state index contributed by atoms with van der Waals surface area (Å²) >= 11 is 0. The third-order valence-electron chi connectivity index (χ3n) is 3.73. The van der Waals surface area contributed by atoms with Gasteiger partial charge >= 0.3 is 0 Å². The standard InChI is InChI=1S/C18H29N3O3.HI/c1-15(12-24-17-8-10-22-14-17)21-18(19-2)20-9-11-23-13-16-6-4-3-5-7-16;/h3-7,15,17H,8-14H2,1-2H3,(H2,19,20,21);1H. The summed E-state index contributed by atoms with van der Waals surface area (Å²) in [7, 11) is 1.76. The number of rotatable bonds is 9. The minimum absolute atomic E-state index is 0. The molecule has 0 radical (unpaired) electrons. The van der Waals surface area contributed by atoms with Gasteiger partial charge in [-0.05, 0) is 18.9 Å². The van der Waals surface area contributed by atoms with Crippen LogP contribution < -0.4 is 10.6 Å². The van der Waals surface area contributed by atoms with E-state index in [1.54, 1.807) is 7.05 Å². The Bertz CT molecular complexity index is 482. The lowest BCUT2D eigenvalue weighted by Gasteiger charge is -2.19. The molecule has 1 saturated heterocycles. The van der Waals surface area contributed by atoms with Crippen molar-refractivity contribution in [2.45, 2.75) is 32.1 Å². The molecule has 1 aromatic rings. The van der Waals surface area contributed by atoms with Crippen molar-refractivity contribution in [2.24, 2.45) is 4.99 Å². The normalized spacial score (nSPS) is 18.5. The van der Waals surface area contributed by atoms with Crippen LogP contribution in [0, 0.1) is 0 Å². The van der Waals surface area contributed by atoms with Gasteiger partial charge in [-0.15, -0.1) is 24.0 Å². The van der Waals surface area contributed by atoms with Gasteiger partial charge in [0, 0.05) is 26.2 Å². The average Bonchev–Trinajstić information content (AvgIpc) is 3.13. The zero-order chi connectivity index (χ0) is 17.0. The summed E-state index contributed by atoms with van der Waals surface area (Å²) in [5.41, 5.74) is 1.18. The molecule has 1 aromatic carbocycles. The highest BCUT2D eigenvalue weighted by molar-refractivity contribution is 14.0. The van der Waals surface area contributed by atoms with Crippen molar-refractivity contribution < 1.29 is 14.2 Å². The molecule has 1 aliphatic heterocycles. The van der Waals surface area contributed by atoms with E-state index >= 15 is 0 Å². The summed E-state index contributed by atoms with van der Waals surface area (Å²) < 4.78 is 16.8. The molecule has 142 valence electrons. The molecule has 1 aliphatic rings. The Hall–Kier alpha value is -0.900. The molecular weight excluding hydrogens is 433 g/mol. The molecule has 0 amide bonds. The van der Waals surface area contributed by atoms with Crippen LogP contribution in [0.15, 0.2) is 35.3 Å². The van der Waals surface area contributed by atoms with Crippen molar-refractivity contribution in [2.75, 3.05) is 40.0 Å². The molecule has 2 unspecified atom stereocenters. The molecule has 1 heterocycles. The summed E-state index contributed by atoms with van der Waals surface area (Å²) in [6.07, 6.45) is 1.22. The molecule has 1 fully saturated rings. The van der Waals surface area contributed by atoms with Crippen LogP contribution in [0.2, 0.25) is 0 Å². The van der Waals surface area contributed by atoms with Crippen LogP contribution in [0.5, 0.6) is 0 Å². The molecule has 6 nitrogen and oxygen atoms in total. The van der Waals surface area contributed by atoms with Crippen LogP contribution >= 0.6 is 24.0 Å². The lowest BCUT2D eigenvalue weighted by molar-refractivity contribution is 0.0347. The van der Waals surface area contributed by atoms with Crippen molar-refractivity contribution in [3.05, 3.63) is 35.9 Å². The average molecular weight is 463 g/mol. The van der Waals surface area contributed by atoms with E-state index in [2.05, 4.69) is 34.7 Å². The van der Waals surface area contributed by atoms with Crippen molar-refractivity contribution in [3.63, 3.8) is 0 Å². The van der Waals surface area contributed by atoms with Crippen molar-refractivity contribution in [3.8, 4) is 0 Å². The molecule has 25 heavy (non-hydrogen) atoms. The largest absolute Gasteiger partial charge is 0.379 e. The third kappa shape index (κ3) is 9.39. The number of halogens is 1. The van der Waals surface area contributed by atoms with Crippen molar-refractivity contribution in [1.82, 2.24) is 10.6 Å². The first-order valence-electron chi connectivity index (χ1n) is 8.56. The molecule has 0 bridgehead atoms. The molecule has 0 aliphatic carbocycles. The maximum absolute atomic E-state index is 5.81. The van der Waals surface area contributed by atoms with Crippen LogP contribution in [0.1, 0.15) is 18.9 Å². The van der Waals surface area contributed by atoms with E-state index in [1.165, 1.54) is 5.56 Å². The molecule has 2 N–H and O–H groups in total. The Morgan fingerprint density at radius 3 is 2.84 bits per heavy atom. The number of benzene rings is 1. The quantitative estimate of drug-likeness (QED) is 0.255. The Kier molecular flexibility index (Phi) is 11.8. The number of nitrogens with one attached hydrogen (secondary N) is 2. The number of ether oxygens (including phenoxy) is 3. The second-order valence-electron chi connectivity index (χ2n) is 5.90. The van der Waals surface area contributed by atoms with Crippen LogP contribution in [0.25, 0.3) is 0 Å². The van der Waals surface area contributed by atoms with Crippen LogP contribution in [-0.2, 0) is 20.8 Å². The lowest BCUT2D eigenvalue weighted by Crippen LogP contribution is -2.45. The van der Waals surface area contributed by atoms with Gasteiger partial charge in [-0.2, -0.15) is 0 Å². The van der Waals surface area contributed by atoms with E-state index in [4.69, 9.17) is 14.2 Å². The Morgan fingerprint density at radius 2 is 2.16 bits per heavy atom. The maximum atomic E-state index is 5.81. The predicted molar refractivity (Wildman–Crippen MR) is 111 cm³/mol. The van der Waals surface area contributed by atoms with Crippen molar-refractivity contribution in [1.29, 1.82) is 0 Å². The second kappa shape index (κ2) is 13.3. The first-order chi connectivity index (χ1) is 11.8. The molecule has 0 spiro atoms. The van der Waals surface area contributed by atoms with Gasteiger partial charge < -0.3 is 24.8 Å². The lowest BCUT2D eigenvalue weighted by atomic mass is 10.2. The SMILES string of the molecule is CN=C(NCCOCc1ccccc1)NC(C)COC1CCOC1.I. The molecule has 0 saturated carbocycles. The highest BCUT2D eigenvalue weighted by Crippen LogP contribution is 2.08. The van der Waals surface area contributed by atoms with Crippen LogP contribution in [0.3, 0.4) is 0 Å². The first kappa shape index (κ1) is 22.1. The Balaban J connectivity index is 0.00000312. The number of hydrogen-bond acceptors (Lipinski definition) is 4. The minimum Gasteiger partial charge on any atom is -0.379 e.